The number of carboxylic acids is 1. The molecule has 9 N–H and O–H groups in total. The summed E-state index contributed by atoms with van der Waals surface area (Å²) in [6, 6.07) is 14.4. The van der Waals surface area contributed by atoms with Crippen LogP contribution < -0.4 is 32.1 Å². The van der Waals surface area contributed by atoms with Crippen molar-refractivity contribution in [2.24, 2.45) is 11.5 Å². The predicted octanol–water partition coefficient (Wildman–Crippen LogP) is 2.43. The molecule has 1 amide bonds. The summed E-state index contributed by atoms with van der Waals surface area (Å²) in [6.45, 7) is 0.827. The lowest BCUT2D eigenvalue weighted by Gasteiger charge is -2.16. The van der Waals surface area contributed by atoms with Crippen molar-refractivity contribution in [2.45, 2.75) is 36.6 Å². The van der Waals surface area contributed by atoms with E-state index >= 15 is 0 Å². The lowest BCUT2D eigenvalue weighted by atomic mass is 10.1. The van der Waals surface area contributed by atoms with E-state index in [1.807, 2.05) is 29.6 Å². The average Bonchev–Trinajstić information content (AvgIpc) is 3.66. The second kappa shape index (κ2) is 14.3. The van der Waals surface area contributed by atoms with E-state index < -0.39 is 34.2 Å². The summed E-state index contributed by atoms with van der Waals surface area (Å²) in [7, 11) is -4.07. The molecule has 0 saturated heterocycles. The maximum Gasteiger partial charge on any atom is 0.326 e. The first-order valence-electron chi connectivity index (χ1n) is 12.7. The summed E-state index contributed by atoms with van der Waals surface area (Å²) in [5, 5.41) is 25.4. The number of carbonyl (C=O) groups is 2. The highest BCUT2D eigenvalue weighted by atomic mass is 32.2. The van der Waals surface area contributed by atoms with Gasteiger partial charge in [0.2, 0.25) is 0 Å². The van der Waals surface area contributed by atoms with Crippen LogP contribution in [0.1, 0.15) is 28.1 Å². The van der Waals surface area contributed by atoms with Crippen LogP contribution in [-0.2, 0) is 21.4 Å². The van der Waals surface area contributed by atoms with Gasteiger partial charge >= 0.3 is 5.97 Å². The molecule has 222 valence electrons. The van der Waals surface area contributed by atoms with E-state index in [1.54, 1.807) is 17.5 Å². The van der Waals surface area contributed by atoms with Gasteiger partial charge in [0.05, 0.1) is 10.6 Å². The number of rotatable bonds is 15. The number of hydrogen-bond donors (Lipinski definition) is 7. The van der Waals surface area contributed by atoms with Crippen LogP contribution >= 0.6 is 22.9 Å². The fourth-order valence-electron chi connectivity index (χ4n) is 3.89. The zero-order chi connectivity index (χ0) is 30.1. The fourth-order valence-corrected chi connectivity index (χ4v) is 6.29. The van der Waals surface area contributed by atoms with Crippen LogP contribution in [0.25, 0.3) is 11.3 Å². The van der Waals surface area contributed by atoms with Gasteiger partial charge in [-0.3, -0.25) is 14.8 Å². The summed E-state index contributed by atoms with van der Waals surface area (Å²) in [5.41, 5.74) is 14.2. The molecule has 2 aromatic carbocycles. The van der Waals surface area contributed by atoms with Crippen LogP contribution in [0.3, 0.4) is 0 Å². The molecule has 0 radical (unpaired) electrons. The molecule has 1 atom stereocenters. The fraction of sp³-hybridized carbons (Fsp3) is 0.231. The van der Waals surface area contributed by atoms with Gasteiger partial charge in [-0.25, -0.2) is 13.2 Å². The Kier molecular flexibility index (Phi) is 10.6. The molecule has 0 fully saturated rings. The minimum absolute atomic E-state index is 0.00883. The molecular weight excluding hydrogens is 601 g/mol. The molecule has 4 rings (SSSR count). The standard InChI is InChI=1S/C26H30N8O5S3/c27-26(28)29-11-2-5-21(25(36)37)31-24(35)23-20(10-12-40-23)33-42(38,39)19-4-1-3-18(13-19)30-14-16-6-8-17(9-7-16)22-15-41-34-32-22/h1,3-4,6-10,12-13,15,21,26,29-30,33H,2,5,11,14,27-28H2,(H,31,35)(H,36,37)/t21-/m0/s1. The van der Waals surface area contributed by atoms with Crippen LogP contribution in [0.2, 0.25) is 0 Å². The van der Waals surface area contributed by atoms with Gasteiger partial charge in [-0.15, -0.1) is 16.4 Å². The van der Waals surface area contributed by atoms with Crippen LogP contribution in [0.5, 0.6) is 0 Å². The molecule has 2 aromatic heterocycles. The highest BCUT2D eigenvalue weighted by Gasteiger charge is 2.25. The number of nitrogens with zero attached hydrogens (tertiary/aromatic N) is 2. The van der Waals surface area contributed by atoms with Crippen LogP contribution in [-0.4, -0.2) is 53.9 Å². The largest absolute Gasteiger partial charge is 0.480 e. The minimum atomic E-state index is -4.07. The summed E-state index contributed by atoms with van der Waals surface area (Å²) in [5.74, 6) is -1.91. The van der Waals surface area contributed by atoms with Crippen molar-refractivity contribution in [1.29, 1.82) is 0 Å². The number of aromatic nitrogens is 2. The van der Waals surface area contributed by atoms with Crippen molar-refractivity contribution >= 4 is 56.1 Å². The highest BCUT2D eigenvalue weighted by molar-refractivity contribution is 7.92. The van der Waals surface area contributed by atoms with E-state index in [-0.39, 0.29) is 21.9 Å². The van der Waals surface area contributed by atoms with E-state index in [0.29, 0.717) is 25.2 Å². The van der Waals surface area contributed by atoms with Crippen molar-refractivity contribution in [3.05, 3.63) is 75.8 Å². The SMILES string of the molecule is NC(N)NCCC[C@H](NC(=O)c1sccc1NS(=O)(=O)c1cccc(NCc2ccc(-c3csnn3)cc2)c1)C(=O)O. The van der Waals surface area contributed by atoms with Gasteiger partial charge in [0.15, 0.2) is 0 Å². The molecule has 0 unspecified atom stereocenters. The van der Waals surface area contributed by atoms with Crippen molar-refractivity contribution in [3.63, 3.8) is 0 Å². The van der Waals surface area contributed by atoms with Gasteiger partial charge in [0, 0.05) is 23.2 Å². The Morgan fingerprint density at radius 3 is 2.55 bits per heavy atom. The number of nitrogens with one attached hydrogen (secondary N) is 4. The van der Waals surface area contributed by atoms with Crippen LogP contribution in [0.4, 0.5) is 11.4 Å². The number of carbonyl (C=O) groups excluding carboxylic acids is 1. The summed E-state index contributed by atoms with van der Waals surface area (Å²) in [4.78, 5) is 24.6. The molecular formula is C26H30N8O5S3. The molecule has 4 aromatic rings. The number of anilines is 2. The zero-order valence-corrected chi connectivity index (χ0v) is 24.6. The van der Waals surface area contributed by atoms with Crippen molar-refractivity contribution in [3.8, 4) is 11.3 Å². The Labute approximate surface area is 250 Å². The Hall–Kier alpha value is -3.93. The third-order valence-electron chi connectivity index (χ3n) is 6.02. The maximum atomic E-state index is 13.2. The van der Waals surface area contributed by atoms with Crippen LogP contribution in [0, 0.1) is 0 Å². The van der Waals surface area contributed by atoms with E-state index in [2.05, 4.69) is 30.3 Å². The van der Waals surface area contributed by atoms with Gasteiger partial charge in [-0.2, -0.15) is 0 Å². The van der Waals surface area contributed by atoms with Gasteiger partial charge in [0.1, 0.15) is 22.9 Å². The summed E-state index contributed by atoms with van der Waals surface area (Å²) < 4.78 is 32.7. The second-order valence-corrected chi connectivity index (χ2v) is 12.3. The smallest absolute Gasteiger partial charge is 0.326 e. The zero-order valence-electron chi connectivity index (χ0n) is 22.2. The molecule has 16 heteroatoms. The third-order valence-corrected chi connectivity index (χ3v) is 8.80. The average molecular weight is 631 g/mol. The molecule has 2 heterocycles. The molecule has 0 bridgehead atoms. The lowest BCUT2D eigenvalue weighted by molar-refractivity contribution is -0.139. The number of amides is 1. The quantitative estimate of drug-likeness (QED) is 0.0748. The Morgan fingerprint density at radius 2 is 1.86 bits per heavy atom. The van der Waals surface area contributed by atoms with E-state index in [0.717, 1.165) is 28.2 Å². The van der Waals surface area contributed by atoms with Crippen LogP contribution in [0.15, 0.2) is 70.3 Å². The number of hydrogen-bond acceptors (Lipinski definition) is 12. The second-order valence-electron chi connectivity index (χ2n) is 9.12. The molecule has 13 nitrogen and oxygen atoms in total. The molecule has 0 spiro atoms. The number of aliphatic carboxylic acids is 1. The number of carboxylic acid groups (broad SMARTS) is 1. The molecule has 0 saturated carbocycles. The van der Waals surface area contributed by atoms with Crippen molar-refractivity contribution in [1.82, 2.24) is 20.2 Å². The Morgan fingerprint density at radius 1 is 1.07 bits per heavy atom. The third kappa shape index (κ3) is 8.54. The van der Waals surface area contributed by atoms with Crippen molar-refractivity contribution < 1.29 is 23.1 Å². The molecule has 0 aliphatic heterocycles. The maximum absolute atomic E-state index is 13.2. The number of nitrogens with two attached hydrogens (primary N) is 2. The van der Waals surface area contributed by atoms with Gasteiger partial charge in [-0.05, 0) is 66.1 Å². The first-order chi connectivity index (χ1) is 20.1. The Bertz CT molecular complexity index is 1590. The first-order valence-corrected chi connectivity index (χ1v) is 15.9. The van der Waals surface area contributed by atoms with Gasteiger partial charge in [-0.1, -0.05) is 34.8 Å². The van der Waals surface area contributed by atoms with E-state index in [1.165, 1.54) is 29.7 Å². The number of thiophene rings is 1. The van der Waals surface area contributed by atoms with E-state index in [4.69, 9.17) is 11.5 Å². The number of benzene rings is 2. The highest BCUT2D eigenvalue weighted by Crippen LogP contribution is 2.27. The summed E-state index contributed by atoms with van der Waals surface area (Å²) >= 11 is 2.27. The molecule has 0 aliphatic rings. The van der Waals surface area contributed by atoms with E-state index in [9.17, 15) is 23.1 Å². The number of sulfonamides is 1. The molecule has 0 aliphatic carbocycles. The first kappa shape index (κ1) is 31.0. The Balaban J connectivity index is 1.38. The normalized spacial score (nSPS) is 12.2. The molecule has 42 heavy (non-hydrogen) atoms. The monoisotopic (exact) mass is 630 g/mol. The lowest BCUT2D eigenvalue weighted by Crippen LogP contribution is -2.46. The van der Waals surface area contributed by atoms with Gasteiger partial charge in [0.25, 0.3) is 15.9 Å². The van der Waals surface area contributed by atoms with Gasteiger partial charge < -0.3 is 27.2 Å². The minimum Gasteiger partial charge on any atom is -0.480 e. The predicted molar refractivity (Wildman–Crippen MR) is 163 cm³/mol. The van der Waals surface area contributed by atoms with Crippen molar-refractivity contribution in [2.75, 3.05) is 16.6 Å². The summed E-state index contributed by atoms with van der Waals surface area (Å²) in [6.07, 6.45) is -0.210. The topological polar surface area (TPSA) is 214 Å².